The Kier molecular flexibility index (Phi) is 3.23. The summed E-state index contributed by atoms with van der Waals surface area (Å²) in [7, 11) is 0. The predicted molar refractivity (Wildman–Crippen MR) is 65.5 cm³/mol. The first-order chi connectivity index (χ1) is 8.34. The molecule has 0 N–H and O–H groups in total. The van der Waals surface area contributed by atoms with Gasteiger partial charge in [0.05, 0.1) is 10.4 Å². The molecule has 18 heavy (non-hydrogen) atoms. The lowest BCUT2D eigenvalue weighted by Gasteiger charge is -2.14. The van der Waals surface area contributed by atoms with Crippen LogP contribution in [0.25, 0.3) is 10.9 Å². The van der Waals surface area contributed by atoms with Crippen molar-refractivity contribution in [2.75, 3.05) is 0 Å². The molecule has 0 saturated carbocycles. The van der Waals surface area contributed by atoms with E-state index >= 15 is 0 Å². The summed E-state index contributed by atoms with van der Waals surface area (Å²) in [4.78, 5) is 3.99. The van der Waals surface area contributed by atoms with Crippen molar-refractivity contribution in [1.82, 2.24) is 4.98 Å². The summed E-state index contributed by atoms with van der Waals surface area (Å²) in [6, 6.07) is 0.482. The van der Waals surface area contributed by atoms with Crippen LogP contribution in [0.3, 0.4) is 0 Å². The lowest BCUT2D eigenvalue weighted by atomic mass is 9.99. The molecule has 0 spiro atoms. The first-order valence-electron chi connectivity index (χ1n) is 5.47. The second-order valence-electron chi connectivity index (χ2n) is 4.46. The normalized spacial score (nSPS) is 11.6. The van der Waals surface area contributed by atoms with Crippen LogP contribution in [0.2, 0.25) is 5.02 Å². The van der Waals surface area contributed by atoms with Crippen LogP contribution in [-0.2, 0) is 0 Å². The Morgan fingerprint density at radius 2 is 1.78 bits per heavy atom. The standard InChI is InChI=1S/C13H11ClF3N/c1-5(2)9-6(3)18-13-8(16)4-7(15)12(17)10(13)11(9)14/h4-5H,1-3H3. The Labute approximate surface area is 108 Å². The van der Waals surface area contributed by atoms with Gasteiger partial charge in [-0.15, -0.1) is 0 Å². The van der Waals surface area contributed by atoms with Crippen molar-refractivity contribution in [1.29, 1.82) is 0 Å². The van der Waals surface area contributed by atoms with Gasteiger partial charge in [0.2, 0.25) is 0 Å². The van der Waals surface area contributed by atoms with Crippen molar-refractivity contribution in [3.63, 3.8) is 0 Å². The third-order valence-electron chi connectivity index (χ3n) is 2.85. The molecule has 1 aromatic carbocycles. The molecule has 5 heteroatoms. The van der Waals surface area contributed by atoms with Gasteiger partial charge in [-0.1, -0.05) is 25.4 Å². The zero-order valence-electron chi connectivity index (χ0n) is 10.1. The lowest BCUT2D eigenvalue weighted by molar-refractivity contribution is 0.505. The summed E-state index contributed by atoms with van der Waals surface area (Å²) in [5.41, 5.74) is 0.890. The van der Waals surface area contributed by atoms with Crippen molar-refractivity contribution < 1.29 is 13.2 Å². The molecular formula is C13H11ClF3N. The van der Waals surface area contributed by atoms with Gasteiger partial charge >= 0.3 is 0 Å². The van der Waals surface area contributed by atoms with Crippen LogP contribution in [0.1, 0.15) is 31.0 Å². The van der Waals surface area contributed by atoms with Crippen LogP contribution in [0, 0.1) is 24.4 Å². The van der Waals surface area contributed by atoms with Crippen LogP contribution in [0.15, 0.2) is 6.07 Å². The Bertz CT molecular complexity index is 638. The molecule has 0 atom stereocenters. The highest BCUT2D eigenvalue weighted by Gasteiger charge is 2.21. The molecule has 0 amide bonds. The van der Waals surface area contributed by atoms with Crippen molar-refractivity contribution >= 4 is 22.5 Å². The molecule has 0 bridgehead atoms. The third kappa shape index (κ3) is 1.85. The number of rotatable bonds is 1. The van der Waals surface area contributed by atoms with Gasteiger partial charge in [0, 0.05) is 11.8 Å². The lowest BCUT2D eigenvalue weighted by Crippen LogP contribution is -2.02. The Balaban J connectivity index is 3.01. The summed E-state index contributed by atoms with van der Waals surface area (Å²) < 4.78 is 40.6. The van der Waals surface area contributed by atoms with E-state index < -0.39 is 17.5 Å². The molecule has 0 aliphatic carbocycles. The molecule has 1 heterocycles. The molecule has 0 aliphatic rings. The van der Waals surface area contributed by atoms with Gasteiger partial charge in [-0.05, 0) is 18.4 Å². The summed E-state index contributed by atoms with van der Waals surface area (Å²) >= 11 is 6.08. The number of halogens is 4. The Morgan fingerprint density at radius 3 is 2.33 bits per heavy atom. The topological polar surface area (TPSA) is 12.9 Å². The molecule has 96 valence electrons. The smallest absolute Gasteiger partial charge is 0.169 e. The monoisotopic (exact) mass is 273 g/mol. The number of fused-ring (bicyclic) bond motifs is 1. The van der Waals surface area contributed by atoms with Gasteiger partial charge in [-0.2, -0.15) is 0 Å². The maximum absolute atomic E-state index is 13.7. The van der Waals surface area contributed by atoms with Crippen LogP contribution < -0.4 is 0 Å². The zero-order chi connectivity index (χ0) is 13.6. The van der Waals surface area contributed by atoms with Gasteiger partial charge in [0.15, 0.2) is 17.5 Å². The molecule has 2 aromatic rings. The Morgan fingerprint density at radius 1 is 1.17 bits per heavy atom. The number of hydrogen-bond donors (Lipinski definition) is 0. The van der Waals surface area contributed by atoms with Crippen molar-refractivity contribution in [3.8, 4) is 0 Å². The van der Waals surface area contributed by atoms with E-state index in [4.69, 9.17) is 11.6 Å². The van der Waals surface area contributed by atoms with E-state index in [0.717, 1.165) is 0 Å². The van der Waals surface area contributed by atoms with Crippen molar-refractivity contribution in [3.05, 3.63) is 39.8 Å². The highest BCUT2D eigenvalue weighted by Crippen LogP contribution is 2.36. The van der Waals surface area contributed by atoms with Gasteiger partial charge in [-0.25, -0.2) is 18.2 Å². The van der Waals surface area contributed by atoms with Crippen LogP contribution >= 0.6 is 11.6 Å². The molecule has 1 aromatic heterocycles. The SMILES string of the molecule is Cc1nc2c(F)cc(F)c(F)c2c(Cl)c1C(C)C. The Hall–Kier alpha value is -1.29. The van der Waals surface area contributed by atoms with E-state index in [-0.39, 0.29) is 21.8 Å². The van der Waals surface area contributed by atoms with E-state index in [1.54, 1.807) is 6.92 Å². The van der Waals surface area contributed by atoms with E-state index in [1.807, 2.05) is 13.8 Å². The third-order valence-corrected chi connectivity index (χ3v) is 3.24. The first kappa shape index (κ1) is 13.1. The average molecular weight is 274 g/mol. The van der Waals surface area contributed by atoms with Gasteiger partial charge in [0.25, 0.3) is 0 Å². The number of hydrogen-bond acceptors (Lipinski definition) is 1. The number of benzene rings is 1. The minimum atomic E-state index is -1.26. The summed E-state index contributed by atoms with van der Waals surface area (Å²) in [6.45, 7) is 5.38. The molecule has 0 saturated heterocycles. The van der Waals surface area contributed by atoms with E-state index in [0.29, 0.717) is 17.3 Å². The molecule has 2 rings (SSSR count). The maximum atomic E-state index is 13.7. The van der Waals surface area contributed by atoms with E-state index in [9.17, 15) is 13.2 Å². The zero-order valence-corrected chi connectivity index (χ0v) is 10.9. The predicted octanol–water partition coefficient (Wildman–Crippen LogP) is 4.74. The second-order valence-corrected chi connectivity index (χ2v) is 4.84. The molecule has 0 unspecified atom stereocenters. The molecule has 0 fully saturated rings. The fourth-order valence-corrected chi connectivity index (χ4v) is 2.62. The van der Waals surface area contributed by atoms with Crippen molar-refractivity contribution in [2.45, 2.75) is 26.7 Å². The van der Waals surface area contributed by atoms with Gasteiger partial charge in [0.1, 0.15) is 5.52 Å². The highest BCUT2D eigenvalue weighted by molar-refractivity contribution is 6.36. The van der Waals surface area contributed by atoms with Crippen LogP contribution in [0.4, 0.5) is 13.2 Å². The largest absolute Gasteiger partial charge is 0.250 e. The van der Waals surface area contributed by atoms with Crippen LogP contribution in [-0.4, -0.2) is 4.98 Å². The quantitative estimate of drug-likeness (QED) is 0.684. The number of pyridine rings is 1. The fourth-order valence-electron chi connectivity index (χ4n) is 2.09. The minimum Gasteiger partial charge on any atom is -0.250 e. The van der Waals surface area contributed by atoms with E-state index in [2.05, 4.69) is 4.98 Å². The molecular weight excluding hydrogens is 263 g/mol. The van der Waals surface area contributed by atoms with Gasteiger partial charge < -0.3 is 0 Å². The molecule has 1 nitrogen and oxygen atoms in total. The van der Waals surface area contributed by atoms with Gasteiger partial charge in [-0.3, -0.25) is 0 Å². The van der Waals surface area contributed by atoms with Crippen molar-refractivity contribution in [2.24, 2.45) is 0 Å². The second kappa shape index (κ2) is 4.43. The number of nitrogens with zero attached hydrogens (tertiary/aromatic N) is 1. The first-order valence-corrected chi connectivity index (χ1v) is 5.85. The summed E-state index contributed by atoms with van der Waals surface area (Å²) in [5.74, 6) is -3.35. The minimum absolute atomic E-state index is 0.0138. The maximum Gasteiger partial charge on any atom is 0.169 e. The number of aryl methyl sites for hydroxylation is 1. The average Bonchev–Trinajstić information content (AvgIpc) is 2.25. The summed E-state index contributed by atoms with van der Waals surface area (Å²) in [5, 5.41) is -0.258. The molecule has 0 radical (unpaired) electrons. The van der Waals surface area contributed by atoms with Crippen LogP contribution in [0.5, 0.6) is 0 Å². The fraction of sp³-hybridized carbons (Fsp3) is 0.308. The molecule has 0 aliphatic heterocycles. The summed E-state index contributed by atoms with van der Waals surface area (Å²) in [6.07, 6.45) is 0. The highest BCUT2D eigenvalue weighted by atomic mass is 35.5. The number of aromatic nitrogens is 1. The van der Waals surface area contributed by atoms with E-state index in [1.165, 1.54) is 0 Å².